The first-order valence-electron chi connectivity index (χ1n) is 7.04. The van der Waals surface area contributed by atoms with Gasteiger partial charge in [0.15, 0.2) is 5.82 Å². The fraction of sp³-hybridized carbons (Fsp3) is 0.333. The van der Waals surface area contributed by atoms with Crippen molar-refractivity contribution in [1.29, 1.82) is 0 Å². The molecule has 0 unspecified atom stereocenters. The lowest BCUT2D eigenvalue weighted by atomic mass is 10.4. The molecule has 7 nitrogen and oxygen atoms in total. The maximum Gasteiger partial charge on any atom is 0.244 e. The molecule has 2 heterocycles. The summed E-state index contributed by atoms with van der Waals surface area (Å²) in [7, 11) is 7.45. The molecular weight excluding hydrogens is 312 g/mol. The number of rotatable bonds is 6. The fourth-order valence-electron chi connectivity index (χ4n) is 1.64. The topological polar surface area (TPSA) is 74.2 Å². The van der Waals surface area contributed by atoms with Gasteiger partial charge in [-0.1, -0.05) is 6.07 Å². The van der Waals surface area contributed by atoms with Gasteiger partial charge >= 0.3 is 0 Å². The Balaban J connectivity index is 2.03. The SMILES string of the molecule is CN(C)c1nc(CNC(=O)C=Cc2cccs2)nc(N(C)C)n1. The number of hydrogen-bond donors (Lipinski definition) is 1. The number of anilines is 2. The predicted molar refractivity (Wildman–Crippen MR) is 93.7 cm³/mol. The van der Waals surface area contributed by atoms with Crippen molar-refractivity contribution >= 4 is 35.2 Å². The van der Waals surface area contributed by atoms with Gasteiger partial charge in [0.05, 0.1) is 6.54 Å². The summed E-state index contributed by atoms with van der Waals surface area (Å²) in [5.41, 5.74) is 0. The van der Waals surface area contributed by atoms with Crippen LogP contribution >= 0.6 is 11.3 Å². The number of carbonyl (C=O) groups is 1. The Kier molecular flexibility index (Phi) is 5.64. The highest BCUT2D eigenvalue weighted by Crippen LogP contribution is 2.11. The van der Waals surface area contributed by atoms with Crippen LogP contribution in [0.2, 0.25) is 0 Å². The van der Waals surface area contributed by atoms with E-state index in [-0.39, 0.29) is 12.5 Å². The number of nitrogens with zero attached hydrogens (tertiary/aromatic N) is 5. The summed E-state index contributed by atoms with van der Waals surface area (Å²) >= 11 is 1.58. The van der Waals surface area contributed by atoms with E-state index in [1.165, 1.54) is 6.08 Å². The van der Waals surface area contributed by atoms with Gasteiger partial charge in [0.25, 0.3) is 0 Å². The molecule has 0 atom stereocenters. The second kappa shape index (κ2) is 7.68. The average molecular weight is 332 g/mol. The summed E-state index contributed by atoms with van der Waals surface area (Å²) in [5, 5.41) is 4.75. The van der Waals surface area contributed by atoms with E-state index in [1.54, 1.807) is 27.2 Å². The lowest BCUT2D eigenvalue weighted by Crippen LogP contribution is -2.25. The van der Waals surface area contributed by atoms with Gasteiger partial charge in [-0.15, -0.1) is 11.3 Å². The molecule has 1 amide bonds. The quantitative estimate of drug-likeness (QED) is 0.806. The molecule has 122 valence electrons. The van der Waals surface area contributed by atoms with Gasteiger partial charge in [0.1, 0.15) is 0 Å². The monoisotopic (exact) mass is 332 g/mol. The Morgan fingerprint density at radius 1 is 1.17 bits per heavy atom. The third-order valence-corrected chi connectivity index (χ3v) is 3.66. The highest BCUT2D eigenvalue weighted by Gasteiger charge is 2.10. The molecule has 2 aromatic rings. The summed E-state index contributed by atoms with van der Waals surface area (Å²) in [6.07, 6.45) is 3.29. The van der Waals surface area contributed by atoms with Crippen LogP contribution in [0, 0.1) is 0 Å². The maximum atomic E-state index is 11.9. The fourth-order valence-corrected chi connectivity index (χ4v) is 2.26. The minimum Gasteiger partial charge on any atom is -0.347 e. The molecule has 0 saturated carbocycles. The smallest absolute Gasteiger partial charge is 0.244 e. The molecule has 0 aliphatic heterocycles. The lowest BCUT2D eigenvalue weighted by Gasteiger charge is -2.16. The van der Waals surface area contributed by atoms with Crippen molar-refractivity contribution in [3.8, 4) is 0 Å². The highest BCUT2D eigenvalue weighted by atomic mass is 32.1. The maximum absolute atomic E-state index is 11.9. The van der Waals surface area contributed by atoms with Crippen molar-refractivity contribution in [3.05, 3.63) is 34.3 Å². The van der Waals surface area contributed by atoms with Gasteiger partial charge in [-0.05, 0) is 17.5 Å². The number of nitrogens with one attached hydrogen (secondary N) is 1. The summed E-state index contributed by atoms with van der Waals surface area (Å²) in [4.78, 5) is 29.5. The van der Waals surface area contributed by atoms with Gasteiger partial charge in [-0.25, -0.2) is 0 Å². The van der Waals surface area contributed by atoms with Crippen LogP contribution in [0.1, 0.15) is 10.7 Å². The molecule has 0 radical (unpaired) electrons. The zero-order valence-corrected chi connectivity index (χ0v) is 14.5. The molecule has 2 aromatic heterocycles. The Hall–Kier alpha value is -2.48. The lowest BCUT2D eigenvalue weighted by molar-refractivity contribution is -0.116. The standard InChI is InChI=1S/C15H20N6OS/c1-20(2)14-17-12(18-15(19-14)21(3)4)10-16-13(22)8-7-11-6-5-9-23-11/h5-9H,10H2,1-4H3,(H,16,22). The average Bonchev–Trinajstić information content (AvgIpc) is 3.04. The molecule has 1 N–H and O–H groups in total. The first-order chi connectivity index (χ1) is 11.0. The van der Waals surface area contributed by atoms with Crippen molar-refractivity contribution in [3.63, 3.8) is 0 Å². The van der Waals surface area contributed by atoms with E-state index in [9.17, 15) is 4.79 Å². The van der Waals surface area contributed by atoms with Gasteiger partial charge < -0.3 is 15.1 Å². The molecule has 8 heteroatoms. The molecule has 0 spiro atoms. The number of aromatic nitrogens is 3. The number of amides is 1. The Morgan fingerprint density at radius 2 is 1.83 bits per heavy atom. The molecule has 0 aromatic carbocycles. The molecule has 2 rings (SSSR count). The van der Waals surface area contributed by atoms with Crippen LogP contribution in [0.3, 0.4) is 0 Å². The van der Waals surface area contributed by atoms with Crippen LogP contribution in [-0.4, -0.2) is 49.0 Å². The molecule has 0 fully saturated rings. The first kappa shape index (κ1) is 16.9. The molecule has 23 heavy (non-hydrogen) atoms. The normalized spacial score (nSPS) is 10.8. The Labute approximate surface area is 139 Å². The highest BCUT2D eigenvalue weighted by molar-refractivity contribution is 7.10. The van der Waals surface area contributed by atoms with E-state index >= 15 is 0 Å². The summed E-state index contributed by atoms with van der Waals surface area (Å²) < 4.78 is 0. The van der Waals surface area contributed by atoms with Gasteiger partial charge in [-0.2, -0.15) is 15.0 Å². The van der Waals surface area contributed by atoms with Crippen LogP contribution < -0.4 is 15.1 Å². The molecule has 0 saturated heterocycles. The van der Waals surface area contributed by atoms with Crippen LogP contribution in [0.5, 0.6) is 0 Å². The van der Waals surface area contributed by atoms with Crippen molar-refractivity contribution in [2.24, 2.45) is 0 Å². The van der Waals surface area contributed by atoms with Crippen LogP contribution in [0.4, 0.5) is 11.9 Å². The van der Waals surface area contributed by atoms with E-state index in [0.717, 1.165) is 4.88 Å². The van der Waals surface area contributed by atoms with Crippen LogP contribution in [0.25, 0.3) is 6.08 Å². The number of thiophene rings is 1. The molecule has 0 aliphatic carbocycles. The Morgan fingerprint density at radius 3 is 2.35 bits per heavy atom. The zero-order valence-electron chi connectivity index (χ0n) is 13.6. The van der Waals surface area contributed by atoms with Crippen LogP contribution in [0.15, 0.2) is 23.6 Å². The summed E-state index contributed by atoms with van der Waals surface area (Å²) in [5.74, 6) is 1.45. The zero-order chi connectivity index (χ0) is 16.8. The van der Waals surface area contributed by atoms with Crippen molar-refractivity contribution in [2.75, 3.05) is 38.0 Å². The Bertz CT molecular complexity index is 655. The number of hydrogen-bond acceptors (Lipinski definition) is 7. The molecule has 0 aliphatic rings. The van der Waals surface area contributed by atoms with E-state index in [1.807, 2.05) is 45.7 Å². The largest absolute Gasteiger partial charge is 0.347 e. The molecule has 0 bridgehead atoms. The van der Waals surface area contributed by atoms with E-state index in [2.05, 4.69) is 20.3 Å². The van der Waals surface area contributed by atoms with Gasteiger partial charge in [0.2, 0.25) is 17.8 Å². The van der Waals surface area contributed by atoms with Crippen molar-refractivity contribution in [2.45, 2.75) is 6.54 Å². The van der Waals surface area contributed by atoms with Crippen molar-refractivity contribution in [1.82, 2.24) is 20.3 Å². The minimum atomic E-state index is -0.184. The van der Waals surface area contributed by atoms with Gasteiger partial charge in [-0.3, -0.25) is 4.79 Å². The summed E-state index contributed by atoms with van der Waals surface area (Å²) in [6, 6.07) is 3.89. The van der Waals surface area contributed by atoms with E-state index in [0.29, 0.717) is 17.7 Å². The first-order valence-corrected chi connectivity index (χ1v) is 7.92. The predicted octanol–water partition coefficient (Wildman–Crippen LogP) is 1.39. The van der Waals surface area contributed by atoms with Gasteiger partial charge in [0, 0.05) is 39.1 Å². The summed E-state index contributed by atoms with van der Waals surface area (Å²) in [6.45, 7) is 0.248. The van der Waals surface area contributed by atoms with Crippen LogP contribution in [-0.2, 0) is 11.3 Å². The molecular formula is C15H20N6OS. The van der Waals surface area contributed by atoms with E-state index in [4.69, 9.17) is 0 Å². The minimum absolute atomic E-state index is 0.184. The third kappa shape index (κ3) is 5.03. The van der Waals surface area contributed by atoms with E-state index < -0.39 is 0 Å². The second-order valence-corrected chi connectivity index (χ2v) is 6.19. The van der Waals surface area contributed by atoms with Crippen molar-refractivity contribution < 1.29 is 4.79 Å². The number of carbonyl (C=O) groups excluding carboxylic acids is 1. The second-order valence-electron chi connectivity index (χ2n) is 5.21. The third-order valence-electron chi connectivity index (χ3n) is 2.82.